The summed E-state index contributed by atoms with van der Waals surface area (Å²) in [6, 6.07) is 14.4. The van der Waals surface area contributed by atoms with E-state index in [4.69, 9.17) is 0 Å². The number of likely N-dealkylation sites (tertiary alicyclic amines) is 1. The number of aryl methyl sites for hydroxylation is 1. The Hall–Kier alpha value is -1.74. The highest BCUT2D eigenvalue weighted by molar-refractivity contribution is 14.0. The second-order valence-corrected chi connectivity index (χ2v) is 8.49. The molecule has 3 rings (SSSR count). The number of guanidine groups is 1. The number of nitrogens with zero attached hydrogens (tertiary/aromatic N) is 2. The predicted molar refractivity (Wildman–Crippen MR) is 142 cm³/mol. The molecule has 1 amide bonds. The van der Waals surface area contributed by atoms with Crippen molar-refractivity contribution < 1.29 is 4.79 Å². The summed E-state index contributed by atoms with van der Waals surface area (Å²) in [5.41, 5.74) is 4.42. The van der Waals surface area contributed by atoms with E-state index in [9.17, 15) is 4.79 Å². The topological polar surface area (TPSA) is 56.7 Å². The molecule has 168 valence electrons. The summed E-state index contributed by atoms with van der Waals surface area (Å²) in [5.74, 6) is 0.908. The first-order chi connectivity index (χ1) is 14.6. The first kappa shape index (κ1) is 25.5. The number of aliphatic imine (C=N–C) groups is 1. The van der Waals surface area contributed by atoms with Crippen molar-refractivity contribution in [2.75, 3.05) is 26.4 Å². The van der Waals surface area contributed by atoms with Gasteiger partial charge >= 0.3 is 0 Å². The van der Waals surface area contributed by atoms with Crippen LogP contribution in [0.5, 0.6) is 0 Å². The van der Waals surface area contributed by atoms with Crippen molar-refractivity contribution in [1.82, 2.24) is 15.5 Å². The number of thioether (sulfide) groups is 1. The lowest BCUT2D eigenvalue weighted by Gasteiger charge is -2.26. The number of hydrogen-bond donors (Lipinski definition) is 2. The number of carbonyl (C=O) groups is 1. The third-order valence-electron chi connectivity index (χ3n) is 5.42. The quantitative estimate of drug-likeness (QED) is 0.234. The lowest BCUT2D eigenvalue weighted by Crippen LogP contribution is -2.36. The minimum Gasteiger partial charge on any atom is -0.352 e. The second kappa shape index (κ2) is 13.0. The van der Waals surface area contributed by atoms with Crippen LogP contribution >= 0.6 is 35.7 Å². The molecule has 1 aliphatic rings. The molecule has 2 aromatic carbocycles. The van der Waals surface area contributed by atoms with Crippen LogP contribution in [0.25, 0.3) is 0 Å². The van der Waals surface area contributed by atoms with Gasteiger partial charge in [-0.25, -0.2) is 0 Å². The van der Waals surface area contributed by atoms with Crippen molar-refractivity contribution in [2.45, 2.75) is 44.2 Å². The van der Waals surface area contributed by atoms with Crippen molar-refractivity contribution in [1.29, 1.82) is 0 Å². The number of hydrogen-bond acceptors (Lipinski definition) is 3. The maximum atomic E-state index is 12.6. The van der Waals surface area contributed by atoms with Gasteiger partial charge in [0.25, 0.3) is 5.91 Å². The van der Waals surface area contributed by atoms with Crippen molar-refractivity contribution in [3.8, 4) is 0 Å². The monoisotopic (exact) mass is 552 g/mol. The third-order valence-corrected chi connectivity index (χ3v) is 6.24. The second-order valence-electron chi connectivity index (χ2n) is 7.64. The normalized spacial score (nSPS) is 14.0. The zero-order chi connectivity index (χ0) is 21.3. The molecule has 31 heavy (non-hydrogen) atoms. The van der Waals surface area contributed by atoms with Gasteiger partial charge in [-0.1, -0.05) is 24.3 Å². The largest absolute Gasteiger partial charge is 0.352 e. The van der Waals surface area contributed by atoms with E-state index in [1.54, 1.807) is 18.8 Å². The van der Waals surface area contributed by atoms with E-state index in [1.165, 1.54) is 22.4 Å². The Balaban J connectivity index is 0.00000341. The molecule has 0 aliphatic carbocycles. The van der Waals surface area contributed by atoms with Gasteiger partial charge in [-0.3, -0.25) is 9.79 Å². The third kappa shape index (κ3) is 7.42. The summed E-state index contributed by atoms with van der Waals surface area (Å²) in [6.45, 7) is 5.25. The van der Waals surface area contributed by atoms with Gasteiger partial charge in [-0.05, 0) is 67.3 Å². The fourth-order valence-corrected chi connectivity index (χ4v) is 4.33. The van der Waals surface area contributed by atoms with Gasteiger partial charge in [0.1, 0.15) is 0 Å². The van der Waals surface area contributed by atoms with Crippen molar-refractivity contribution in [2.24, 2.45) is 4.99 Å². The number of rotatable bonds is 6. The maximum absolute atomic E-state index is 12.6. The molecular weight excluding hydrogens is 519 g/mol. The smallest absolute Gasteiger partial charge is 0.253 e. The number of benzene rings is 2. The molecule has 2 aromatic rings. The summed E-state index contributed by atoms with van der Waals surface area (Å²) >= 11 is 1.76. The minimum atomic E-state index is 0. The van der Waals surface area contributed by atoms with Crippen LogP contribution in [-0.4, -0.2) is 43.2 Å². The molecule has 2 N–H and O–H groups in total. The van der Waals surface area contributed by atoms with Crippen LogP contribution in [0.1, 0.15) is 46.3 Å². The molecule has 0 aromatic heterocycles. The van der Waals surface area contributed by atoms with Gasteiger partial charge in [0.2, 0.25) is 0 Å². The van der Waals surface area contributed by atoms with Crippen LogP contribution in [0.4, 0.5) is 0 Å². The first-order valence-corrected chi connectivity index (χ1v) is 11.8. The number of amides is 1. The molecule has 1 heterocycles. The van der Waals surface area contributed by atoms with E-state index in [-0.39, 0.29) is 29.9 Å². The van der Waals surface area contributed by atoms with Crippen LogP contribution in [-0.2, 0) is 13.1 Å². The highest BCUT2D eigenvalue weighted by Gasteiger charge is 2.17. The van der Waals surface area contributed by atoms with Gasteiger partial charge in [-0.2, -0.15) is 0 Å². The Morgan fingerprint density at radius 1 is 1.03 bits per heavy atom. The van der Waals surface area contributed by atoms with E-state index >= 15 is 0 Å². The summed E-state index contributed by atoms with van der Waals surface area (Å²) in [6.07, 6.45) is 5.55. The van der Waals surface area contributed by atoms with Crippen LogP contribution in [0.2, 0.25) is 0 Å². The average molecular weight is 553 g/mol. The Kier molecular flexibility index (Phi) is 10.7. The Labute approximate surface area is 207 Å². The van der Waals surface area contributed by atoms with Gasteiger partial charge in [0, 0.05) is 43.7 Å². The number of halogens is 1. The minimum absolute atomic E-state index is 0. The molecule has 1 saturated heterocycles. The van der Waals surface area contributed by atoms with E-state index in [1.807, 2.05) is 29.2 Å². The van der Waals surface area contributed by atoms with Crippen molar-refractivity contribution >= 4 is 47.6 Å². The molecule has 1 fully saturated rings. The van der Waals surface area contributed by atoms with Crippen molar-refractivity contribution in [3.05, 3.63) is 64.7 Å². The molecule has 0 unspecified atom stereocenters. The molecule has 0 radical (unpaired) electrons. The summed E-state index contributed by atoms with van der Waals surface area (Å²) < 4.78 is 0. The van der Waals surface area contributed by atoms with Crippen LogP contribution in [0.15, 0.2) is 52.4 Å². The van der Waals surface area contributed by atoms with Gasteiger partial charge in [-0.15, -0.1) is 35.7 Å². The standard InChI is InChI=1S/C24H32N4OS.HI/c1-18-7-10-21(22(15-18)30-3)17-27-24(25-2)26-16-19-8-11-20(12-9-19)23(29)28-13-5-4-6-14-28;/h7-12,15H,4-6,13-14,16-17H2,1-3H3,(H2,25,26,27);1H. The van der Waals surface area contributed by atoms with Crippen LogP contribution in [0, 0.1) is 6.92 Å². The van der Waals surface area contributed by atoms with Gasteiger partial charge in [0.05, 0.1) is 0 Å². The van der Waals surface area contributed by atoms with Crippen molar-refractivity contribution in [3.63, 3.8) is 0 Å². The lowest BCUT2D eigenvalue weighted by molar-refractivity contribution is 0.0724. The molecule has 5 nitrogen and oxygen atoms in total. The molecule has 0 atom stereocenters. The molecular formula is C24H33IN4OS. The number of carbonyl (C=O) groups excluding carboxylic acids is 1. The van der Waals surface area contributed by atoms with Crippen LogP contribution < -0.4 is 10.6 Å². The molecule has 1 aliphatic heterocycles. The zero-order valence-electron chi connectivity index (χ0n) is 18.6. The van der Waals surface area contributed by atoms with Gasteiger partial charge < -0.3 is 15.5 Å². The molecule has 7 heteroatoms. The summed E-state index contributed by atoms with van der Waals surface area (Å²) in [4.78, 5) is 20.2. The Bertz CT molecular complexity index is 880. The highest BCUT2D eigenvalue weighted by atomic mass is 127. The number of nitrogens with one attached hydrogen (secondary N) is 2. The van der Waals surface area contributed by atoms with E-state index in [0.717, 1.165) is 49.6 Å². The maximum Gasteiger partial charge on any atom is 0.253 e. The van der Waals surface area contributed by atoms with E-state index in [2.05, 4.69) is 47.0 Å². The number of piperidine rings is 1. The van der Waals surface area contributed by atoms with Gasteiger partial charge in [0.15, 0.2) is 5.96 Å². The van der Waals surface area contributed by atoms with E-state index in [0.29, 0.717) is 6.54 Å². The van der Waals surface area contributed by atoms with E-state index < -0.39 is 0 Å². The molecule has 0 saturated carbocycles. The summed E-state index contributed by atoms with van der Waals surface area (Å²) in [5, 5.41) is 6.74. The fourth-order valence-electron chi connectivity index (χ4n) is 3.63. The molecule has 0 bridgehead atoms. The average Bonchev–Trinajstić information content (AvgIpc) is 2.80. The lowest BCUT2D eigenvalue weighted by atomic mass is 10.1. The first-order valence-electron chi connectivity index (χ1n) is 10.6. The molecule has 0 spiro atoms. The predicted octanol–water partition coefficient (Wildman–Crippen LogP) is 4.83. The zero-order valence-corrected chi connectivity index (χ0v) is 21.8. The summed E-state index contributed by atoms with van der Waals surface area (Å²) in [7, 11) is 1.78. The Morgan fingerprint density at radius 2 is 1.71 bits per heavy atom. The fraction of sp³-hybridized carbons (Fsp3) is 0.417. The van der Waals surface area contributed by atoms with Crippen LogP contribution in [0.3, 0.4) is 0 Å². The Morgan fingerprint density at radius 3 is 2.35 bits per heavy atom. The SMILES string of the molecule is CN=C(NCc1ccc(C(=O)N2CCCCC2)cc1)NCc1ccc(C)cc1SC.I. The highest BCUT2D eigenvalue weighted by Crippen LogP contribution is 2.21.